The lowest BCUT2D eigenvalue weighted by Crippen LogP contribution is -2.31. The Morgan fingerprint density at radius 2 is 1.72 bits per heavy atom. The van der Waals surface area contributed by atoms with Crippen molar-refractivity contribution >= 4 is 23.3 Å². The van der Waals surface area contributed by atoms with Crippen LogP contribution in [-0.4, -0.2) is 43.7 Å². The Balaban J connectivity index is 1.95. The van der Waals surface area contributed by atoms with Gasteiger partial charge in [0.2, 0.25) is 0 Å². The van der Waals surface area contributed by atoms with E-state index in [0.29, 0.717) is 11.5 Å². The summed E-state index contributed by atoms with van der Waals surface area (Å²) in [5, 5.41) is 13.4. The summed E-state index contributed by atoms with van der Waals surface area (Å²) in [5.41, 5.74) is -0.143. The van der Waals surface area contributed by atoms with Crippen LogP contribution in [0.4, 0.5) is 11.4 Å². The third-order valence-electron chi connectivity index (χ3n) is 3.74. The monoisotopic (exact) mass is 404 g/mol. The van der Waals surface area contributed by atoms with E-state index in [1.54, 1.807) is 24.3 Å². The van der Waals surface area contributed by atoms with Gasteiger partial charge in [-0.15, -0.1) is 0 Å². The van der Waals surface area contributed by atoms with Crippen LogP contribution < -0.4 is 19.5 Å². The number of methoxy groups -OCH3 is 2. The van der Waals surface area contributed by atoms with Crippen LogP contribution in [0.25, 0.3) is 0 Å². The fourth-order valence-electron chi connectivity index (χ4n) is 2.30. The molecule has 0 aliphatic heterocycles. The van der Waals surface area contributed by atoms with Gasteiger partial charge in [-0.3, -0.25) is 14.9 Å². The smallest absolute Gasteiger partial charge is 0.344 e. The molecule has 10 heteroatoms. The largest absolute Gasteiger partial charge is 0.495 e. The fourth-order valence-corrected chi connectivity index (χ4v) is 2.30. The topological polar surface area (TPSA) is 126 Å². The zero-order chi connectivity index (χ0) is 21.4. The lowest BCUT2D eigenvalue weighted by atomic mass is 10.2. The Bertz CT molecular complexity index is 900. The average molecular weight is 404 g/mol. The predicted molar refractivity (Wildman–Crippen MR) is 102 cm³/mol. The molecule has 0 aliphatic carbocycles. The molecular weight excluding hydrogens is 384 g/mol. The predicted octanol–water partition coefficient (Wildman–Crippen LogP) is 2.56. The molecule has 1 amide bonds. The third-order valence-corrected chi connectivity index (χ3v) is 3.74. The second-order valence-electron chi connectivity index (χ2n) is 5.70. The van der Waals surface area contributed by atoms with Crippen molar-refractivity contribution in [3.05, 3.63) is 52.6 Å². The van der Waals surface area contributed by atoms with E-state index >= 15 is 0 Å². The maximum absolute atomic E-state index is 12.3. The van der Waals surface area contributed by atoms with Crippen molar-refractivity contribution in [3.8, 4) is 17.2 Å². The Morgan fingerprint density at radius 3 is 2.34 bits per heavy atom. The summed E-state index contributed by atoms with van der Waals surface area (Å²) in [6, 6.07) is 10.5. The first-order valence-corrected chi connectivity index (χ1v) is 8.44. The molecule has 0 saturated heterocycles. The molecule has 0 spiro atoms. The zero-order valence-corrected chi connectivity index (χ0v) is 16.0. The number of carbonyl (C=O) groups excluding carboxylic acids is 2. The minimum atomic E-state index is -1.17. The molecule has 29 heavy (non-hydrogen) atoms. The first kappa shape index (κ1) is 21.5. The molecule has 0 heterocycles. The summed E-state index contributed by atoms with van der Waals surface area (Å²) in [6.07, 6.45) is -1.17. The molecule has 1 N–H and O–H groups in total. The number of hydrogen-bond donors (Lipinski definition) is 1. The molecule has 0 fully saturated rings. The van der Waals surface area contributed by atoms with E-state index in [-0.39, 0.29) is 17.1 Å². The Hall–Kier alpha value is -3.82. The van der Waals surface area contributed by atoms with E-state index in [4.69, 9.17) is 18.9 Å². The van der Waals surface area contributed by atoms with Gasteiger partial charge in [0, 0.05) is 12.1 Å². The summed E-state index contributed by atoms with van der Waals surface area (Å²) in [5.74, 6) is -0.435. The Kier molecular flexibility index (Phi) is 7.35. The lowest BCUT2D eigenvalue weighted by Gasteiger charge is -2.15. The van der Waals surface area contributed by atoms with Crippen LogP contribution in [0, 0.1) is 10.1 Å². The summed E-state index contributed by atoms with van der Waals surface area (Å²) in [4.78, 5) is 34.6. The molecule has 0 aliphatic rings. The number of amides is 1. The quantitative estimate of drug-likeness (QED) is 0.384. The van der Waals surface area contributed by atoms with Gasteiger partial charge in [0.05, 0.1) is 24.8 Å². The fraction of sp³-hybridized carbons (Fsp3) is 0.263. The number of benzene rings is 2. The molecule has 0 radical (unpaired) electrons. The summed E-state index contributed by atoms with van der Waals surface area (Å²) >= 11 is 0. The number of para-hydroxylation sites is 2. The van der Waals surface area contributed by atoms with Crippen molar-refractivity contribution in [2.75, 3.05) is 26.1 Å². The van der Waals surface area contributed by atoms with Crippen LogP contribution in [0.15, 0.2) is 42.5 Å². The van der Waals surface area contributed by atoms with Gasteiger partial charge in [-0.1, -0.05) is 12.1 Å². The van der Waals surface area contributed by atoms with E-state index in [1.165, 1.54) is 33.3 Å². The molecule has 10 nitrogen and oxygen atoms in total. The highest BCUT2D eigenvalue weighted by Crippen LogP contribution is 2.29. The number of nitrogens with zero attached hydrogens (tertiary/aromatic N) is 1. The first-order valence-electron chi connectivity index (χ1n) is 8.44. The number of hydrogen-bond acceptors (Lipinski definition) is 8. The highest BCUT2D eigenvalue weighted by atomic mass is 16.6. The van der Waals surface area contributed by atoms with Crippen molar-refractivity contribution < 1.29 is 33.5 Å². The molecule has 1 atom stereocenters. The molecular formula is C19H20N2O8. The number of anilines is 1. The third kappa shape index (κ3) is 5.83. The maximum Gasteiger partial charge on any atom is 0.344 e. The van der Waals surface area contributed by atoms with Crippen LogP contribution in [0.5, 0.6) is 17.2 Å². The number of rotatable bonds is 9. The molecule has 0 aromatic heterocycles. The summed E-state index contributed by atoms with van der Waals surface area (Å²) < 4.78 is 20.6. The van der Waals surface area contributed by atoms with Crippen LogP contribution >= 0.6 is 0 Å². The lowest BCUT2D eigenvalue weighted by molar-refractivity contribution is -0.384. The van der Waals surface area contributed by atoms with E-state index in [2.05, 4.69) is 5.32 Å². The molecule has 0 saturated carbocycles. The van der Waals surface area contributed by atoms with Crippen LogP contribution in [0.1, 0.15) is 6.92 Å². The number of nitro groups is 1. The average Bonchev–Trinajstić information content (AvgIpc) is 2.72. The van der Waals surface area contributed by atoms with Crippen molar-refractivity contribution in [1.82, 2.24) is 0 Å². The van der Waals surface area contributed by atoms with Crippen molar-refractivity contribution in [1.29, 1.82) is 0 Å². The number of esters is 1. The number of nitrogens with one attached hydrogen (secondary N) is 1. The van der Waals surface area contributed by atoms with Gasteiger partial charge in [-0.05, 0) is 25.1 Å². The van der Waals surface area contributed by atoms with Crippen LogP contribution in [0.3, 0.4) is 0 Å². The zero-order valence-electron chi connectivity index (χ0n) is 16.0. The van der Waals surface area contributed by atoms with Gasteiger partial charge < -0.3 is 24.3 Å². The van der Waals surface area contributed by atoms with Crippen molar-refractivity contribution in [2.24, 2.45) is 0 Å². The van der Waals surface area contributed by atoms with E-state index < -0.39 is 29.5 Å². The molecule has 2 aromatic rings. The maximum atomic E-state index is 12.3. The second kappa shape index (κ2) is 9.93. The molecule has 154 valence electrons. The minimum Gasteiger partial charge on any atom is -0.495 e. The normalized spacial score (nSPS) is 11.1. The Morgan fingerprint density at radius 1 is 1.07 bits per heavy atom. The first-order chi connectivity index (χ1) is 13.8. The summed E-state index contributed by atoms with van der Waals surface area (Å²) in [6.45, 7) is 0.929. The number of carbonyl (C=O) groups is 2. The van der Waals surface area contributed by atoms with Gasteiger partial charge in [0.25, 0.3) is 11.6 Å². The van der Waals surface area contributed by atoms with E-state index in [9.17, 15) is 19.7 Å². The Labute approximate surface area is 166 Å². The van der Waals surface area contributed by atoms with Crippen LogP contribution in [0.2, 0.25) is 0 Å². The minimum absolute atomic E-state index is 0.0832. The van der Waals surface area contributed by atoms with Crippen molar-refractivity contribution in [2.45, 2.75) is 13.0 Å². The van der Waals surface area contributed by atoms with Gasteiger partial charge in [0.1, 0.15) is 5.75 Å². The van der Waals surface area contributed by atoms with E-state index in [0.717, 1.165) is 6.07 Å². The van der Waals surface area contributed by atoms with Gasteiger partial charge >= 0.3 is 5.97 Å². The second-order valence-corrected chi connectivity index (χ2v) is 5.70. The number of nitro benzene ring substituents is 1. The standard InChI is InChI=1S/C19H20N2O8/c1-12(29-18(22)11-28-17-7-5-4-6-16(17)27-3)19(23)20-14-10-13(21(24)25)8-9-15(14)26-2/h4-10,12H,11H2,1-3H3,(H,20,23)/t12-/m1/s1. The van der Waals surface area contributed by atoms with Gasteiger partial charge in [0.15, 0.2) is 24.2 Å². The SMILES string of the molecule is COc1ccc([N+](=O)[O-])cc1NC(=O)[C@@H](C)OC(=O)COc1ccccc1OC. The van der Waals surface area contributed by atoms with Crippen molar-refractivity contribution in [3.63, 3.8) is 0 Å². The molecule has 0 unspecified atom stereocenters. The van der Waals surface area contributed by atoms with E-state index in [1.807, 2.05) is 0 Å². The highest BCUT2D eigenvalue weighted by molar-refractivity contribution is 5.96. The van der Waals surface area contributed by atoms with Gasteiger partial charge in [-0.25, -0.2) is 4.79 Å². The number of ether oxygens (including phenoxy) is 4. The number of non-ortho nitro benzene ring substituents is 1. The van der Waals surface area contributed by atoms with Gasteiger partial charge in [-0.2, -0.15) is 0 Å². The summed E-state index contributed by atoms with van der Waals surface area (Å²) in [7, 11) is 2.82. The molecule has 2 aromatic carbocycles. The van der Waals surface area contributed by atoms with Crippen LogP contribution in [-0.2, 0) is 14.3 Å². The highest BCUT2D eigenvalue weighted by Gasteiger charge is 2.21. The molecule has 0 bridgehead atoms. The molecule has 2 rings (SSSR count).